The van der Waals surface area contributed by atoms with Crippen molar-refractivity contribution in [3.63, 3.8) is 0 Å². The van der Waals surface area contributed by atoms with E-state index in [2.05, 4.69) is 11.1 Å². The fourth-order valence-corrected chi connectivity index (χ4v) is 7.24. The summed E-state index contributed by atoms with van der Waals surface area (Å²) < 4.78 is 14.9. The zero-order valence-corrected chi connectivity index (χ0v) is 23.5. The molecule has 42 heavy (non-hydrogen) atoms. The number of rotatable bonds is 6. The van der Waals surface area contributed by atoms with E-state index in [-0.39, 0.29) is 36.3 Å². The normalized spacial score (nSPS) is 22.3. The summed E-state index contributed by atoms with van der Waals surface area (Å²) in [5.74, 6) is -1.26. The standard InChI is InChI=1S/C34H33FN4O3/c35-26-12-6-13-27(21-26)39(33(42)29-15-16-31(40)38(29)30-20-23(22-36)17-19-37-30)34(32(41)25-9-2-1-3-10-25)18-7-11-24-8-4-5-14-28(24)34/h4-6,8,12-14,17,19-21,25,29H,1-3,7,9-11,15-16,18H2/t29-,34+/m0/s1. The average molecular weight is 565 g/mol. The number of carbonyl (C=O) groups excluding carboxylic acids is 3. The summed E-state index contributed by atoms with van der Waals surface area (Å²) in [6, 6.07) is 17.8. The van der Waals surface area contributed by atoms with Gasteiger partial charge in [0.1, 0.15) is 23.2 Å². The van der Waals surface area contributed by atoms with Crippen LogP contribution in [-0.4, -0.2) is 28.6 Å². The summed E-state index contributed by atoms with van der Waals surface area (Å²) in [4.78, 5) is 50.4. The lowest BCUT2D eigenvalue weighted by molar-refractivity contribution is -0.134. The van der Waals surface area contributed by atoms with Crippen LogP contribution >= 0.6 is 0 Å². The predicted octanol–water partition coefficient (Wildman–Crippen LogP) is 6.00. The van der Waals surface area contributed by atoms with E-state index in [4.69, 9.17) is 0 Å². The predicted molar refractivity (Wildman–Crippen MR) is 156 cm³/mol. The highest BCUT2D eigenvalue weighted by Gasteiger charge is 2.55. The molecule has 2 aliphatic carbocycles. The Balaban J connectivity index is 1.55. The van der Waals surface area contributed by atoms with Gasteiger partial charge in [0.15, 0.2) is 5.78 Å². The highest BCUT2D eigenvalue weighted by Crippen LogP contribution is 2.47. The zero-order chi connectivity index (χ0) is 29.3. The molecule has 2 atom stereocenters. The minimum absolute atomic E-state index is 0.00700. The quantitative estimate of drug-likeness (QED) is 0.366. The van der Waals surface area contributed by atoms with Crippen molar-refractivity contribution in [1.82, 2.24) is 4.98 Å². The minimum atomic E-state index is -1.35. The Kier molecular flexibility index (Phi) is 7.59. The number of amides is 2. The largest absolute Gasteiger partial charge is 0.296 e. The molecule has 8 heteroatoms. The molecule has 3 aliphatic rings. The van der Waals surface area contributed by atoms with Crippen molar-refractivity contribution in [2.45, 2.75) is 75.8 Å². The number of nitriles is 1. The number of Topliss-reactive ketones (excluding diaryl/α,β-unsaturated/α-hetero) is 1. The second kappa shape index (κ2) is 11.5. The number of pyridine rings is 1. The van der Waals surface area contributed by atoms with Crippen LogP contribution in [0.5, 0.6) is 0 Å². The molecule has 1 saturated heterocycles. The van der Waals surface area contributed by atoms with Gasteiger partial charge in [-0.3, -0.25) is 24.2 Å². The third-order valence-electron chi connectivity index (χ3n) is 9.12. The minimum Gasteiger partial charge on any atom is -0.296 e. The van der Waals surface area contributed by atoms with Crippen molar-refractivity contribution >= 4 is 29.1 Å². The summed E-state index contributed by atoms with van der Waals surface area (Å²) in [7, 11) is 0. The number of nitrogens with zero attached hydrogens (tertiary/aromatic N) is 4. The van der Waals surface area contributed by atoms with Gasteiger partial charge in [-0.1, -0.05) is 49.6 Å². The zero-order valence-electron chi connectivity index (χ0n) is 23.5. The van der Waals surface area contributed by atoms with Crippen LogP contribution in [0.4, 0.5) is 15.9 Å². The maximum absolute atomic E-state index is 15.0. The Hall–Kier alpha value is -4.38. The van der Waals surface area contributed by atoms with E-state index in [1.807, 2.05) is 24.3 Å². The summed E-state index contributed by atoms with van der Waals surface area (Å²) in [5.41, 5.74) is 1.05. The third kappa shape index (κ3) is 4.77. The summed E-state index contributed by atoms with van der Waals surface area (Å²) in [6.07, 6.45) is 8.15. The van der Waals surface area contributed by atoms with Gasteiger partial charge in [-0.15, -0.1) is 0 Å². The topological polar surface area (TPSA) is 94.4 Å². The number of aryl methyl sites for hydroxylation is 1. The van der Waals surface area contributed by atoms with Gasteiger partial charge in [0.05, 0.1) is 11.6 Å². The second-order valence-electron chi connectivity index (χ2n) is 11.6. The molecule has 1 saturated carbocycles. The van der Waals surface area contributed by atoms with Crippen LogP contribution in [0, 0.1) is 23.1 Å². The van der Waals surface area contributed by atoms with E-state index in [0.717, 1.165) is 49.7 Å². The number of anilines is 2. The van der Waals surface area contributed by atoms with Crippen molar-refractivity contribution in [3.8, 4) is 6.07 Å². The fraction of sp³-hybridized carbons (Fsp3) is 0.382. The number of hydrogen-bond donors (Lipinski definition) is 0. The number of hydrogen-bond acceptors (Lipinski definition) is 5. The van der Waals surface area contributed by atoms with Gasteiger partial charge in [-0.25, -0.2) is 9.37 Å². The molecular weight excluding hydrogens is 531 g/mol. The monoisotopic (exact) mass is 564 g/mol. The SMILES string of the molecule is N#Cc1ccnc(N2C(=O)CC[C@H]2C(=O)N(c2cccc(F)c2)[C@]2(C(=O)C3CCCCC3)CCCc3ccccc32)c1. The Morgan fingerprint density at radius 3 is 2.57 bits per heavy atom. The number of aromatic nitrogens is 1. The molecule has 2 fully saturated rings. The summed E-state index contributed by atoms with van der Waals surface area (Å²) in [6.45, 7) is 0. The smallest absolute Gasteiger partial charge is 0.251 e. The van der Waals surface area contributed by atoms with Crippen molar-refractivity contribution in [1.29, 1.82) is 5.26 Å². The second-order valence-corrected chi connectivity index (χ2v) is 11.6. The molecule has 6 rings (SSSR count). The maximum Gasteiger partial charge on any atom is 0.251 e. The van der Waals surface area contributed by atoms with Crippen molar-refractivity contribution in [2.75, 3.05) is 9.80 Å². The number of halogens is 1. The van der Waals surface area contributed by atoms with Crippen LogP contribution in [-0.2, 0) is 26.3 Å². The van der Waals surface area contributed by atoms with Gasteiger partial charge in [-0.2, -0.15) is 5.26 Å². The van der Waals surface area contributed by atoms with Gasteiger partial charge in [-0.05, 0) is 80.0 Å². The molecule has 7 nitrogen and oxygen atoms in total. The highest BCUT2D eigenvalue weighted by molar-refractivity contribution is 6.12. The first-order valence-electron chi connectivity index (χ1n) is 14.8. The number of carbonyl (C=O) groups is 3. The van der Waals surface area contributed by atoms with Crippen LogP contribution < -0.4 is 9.80 Å². The van der Waals surface area contributed by atoms with Crippen molar-refractivity contribution in [2.24, 2.45) is 5.92 Å². The lowest BCUT2D eigenvalue weighted by Gasteiger charge is -2.49. The van der Waals surface area contributed by atoms with Gasteiger partial charge in [0.2, 0.25) is 5.91 Å². The van der Waals surface area contributed by atoms with Crippen molar-refractivity contribution in [3.05, 3.63) is 89.4 Å². The molecule has 0 N–H and O–H groups in total. The first-order chi connectivity index (χ1) is 20.4. The van der Waals surface area contributed by atoms with E-state index < -0.39 is 23.3 Å². The number of ketones is 1. The Morgan fingerprint density at radius 2 is 1.79 bits per heavy atom. The number of benzene rings is 2. The molecule has 2 heterocycles. The molecule has 214 valence electrons. The van der Waals surface area contributed by atoms with E-state index in [9.17, 15) is 19.2 Å². The van der Waals surface area contributed by atoms with Gasteiger partial charge < -0.3 is 0 Å². The molecule has 0 spiro atoms. The average Bonchev–Trinajstić information content (AvgIpc) is 3.42. The van der Waals surface area contributed by atoms with Crippen LogP contribution in [0.15, 0.2) is 66.9 Å². The Labute approximate surface area is 245 Å². The first-order valence-corrected chi connectivity index (χ1v) is 14.8. The lowest BCUT2D eigenvalue weighted by Crippen LogP contribution is -2.62. The summed E-state index contributed by atoms with van der Waals surface area (Å²) in [5, 5.41) is 9.46. The molecule has 2 aromatic carbocycles. The molecule has 0 unspecified atom stereocenters. The molecule has 1 aromatic heterocycles. The molecule has 2 amide bonds. The van der Waals surface area contributed by atoms with E-state index in [0.29, 0.717) is 24.1 Å². The van der Waals surface area contributed by atoms with Crippen LogP contribution in [0.25, 0.3) is 0 Å². The fourth-order valence-electron chi connectivity index (χ4n) is 7.24. The first kappa shape index (κ1) is 27.8. The van der Waals surface area contributed by atoms with Crippen molar-refractivity contribution < 1.29 is 18.8 Å². The summed E-state index contributed by atoms with van der Waals surface area (Å²) >= 11 is 0. The van der Waals surface area contributed by atoms with Crippen LogP contribution in [0.1, 0.15) is 74.5 Å². The van der Waals surface area contributed by atoms with E-state index >= 15 is 4.79 Å². The van der Waals surface area contributed by atoms with Gasteiger partial charge in [0.25, 0.3) is 5.91 Å². The Morgan fingerprint density at radius 1 is 0.976 bits per heavy atom. The molecule has 0 bridgehead atoms. The Bertz CT molecular complexity index is 1580. The highest BCUT2D eigenvalue weighted by atomic mass is 19.1. The molecule has 0 radical (unpaired) electrons. The van der Waals surface area contributed by atoms with Gasteiger partial charge >= 0.3 is 0 Å². The maximum atomic E-state index is 15.0. The van der Waals surface area contributed by atoms with Crippen LogP contribution in [0.3, 0.4) is 0 Å². The third-order valence-corrected chi connectivity index (χ3v) is 9.12. The van der Waals surface area contributed by atoms with E-state index in [1.54, 1.807) is 12.1 Å². The van der Waals surface area contributed by atoms with Crippen LogP contribution in [0.2, 0.25) is 0 Å². The molecular formula is C34H33FN4O3. The van der Waals surface area contributed by atoms with Gasteiger partial charge in [0, 0.05) is 24.2 Å². The number of fused-ring (bicyclic) bond motifs is 1. The molecule has 1 aliphatic heterocycles. The van der Waals surface area contributed by atoms with E-state index in [1.165, 1.54) is 40.3 Å². The lowest BCUT2D eigenvalue weighted by atomic mass is 9.67. The molecule has 3 aromatic rings.